The fourth-order valence-electron chi connectivity index (χ4n) is 0.364. The summed E-state index contributed by atoms with van der Waals surface area (Å²) in [6, 6.07) is 1.56. The van der Waals surface area contributed by atoms with Crippen LogP contribution in [-0.4, -0.2) is 11.7 Å². The van der Waals surface area contributed by atoms with E-state index in [0.717, 1.165) is 0 Å². The number of allylic oxidation sites excluding steroid dienone is 2. The Bertz CT molecular complexity index is 155. The molecule has 0 aromatic carbocycles. The predicted octanol–water partition coefficient (Wildman–Crippen LogP) is 1.34. The molecular weight excluding hydrogens is 118 g/mol. The van der Waals surface area contributed by atoms with Crippen molar-refractivity contribution in [2.24, 2.45) is 0 Å². The second-order valence-electron chi connectivity index (χ2n) is 1.45. The molecule has 0 fully saturated rings. The standard InChI is InChI=1S/C6H9NO2/c1-3-9-5(2)6(8)4-7/h8H,3H2,1-2H3/b6-5-. The van der Waals surface area contributed by atoms with Crippen LogP contribution in [0.15, 0.2) is 11.5 Å². The van der Waals surface area contributed by atoms with Gasteiger partial charge in [-0.25, -0.2) is 0 Å². The van der Waals surface area contributed by atoms with Crippen molar-refractivity contribution in [3.63, 3.8) is 0 Å². The molecule has 0 aliphatic heterocycles. The minimum absolute atomic E-state index is 0.278. The van der Waals surface area contributed by atoms with Crippen LogP contribution in [0.25, 0.3) is 0 Å². The van der Waals surface area contributed by atoms with Crippen molar-refractivity contribution in [3.8, 4) is 6.07 Å². The van der Waals surface area contributed by atoms with Gasteiger partial charge in [-0.1, -0.05) is 0 Å². The summed E-state index contributed by atoms with van der Waals surface area (Å²) in [5, 5.41) is 16.7. The van der Waals surface area contributed by atoms with Crippen molar-refractivity contribution in [1.29, 1.82) is 5.26 Å². The molecule has 0 saturated carbocycles. The van der Waals surface area contributed by atoms with Crippen molar-refractivity contribution in [2.45, 2.75) is 13.8 Å². The molecule has 0 heterocycles. The lowest BCUT2D eigenvalue weighted by Gasteiger charge is -1.99. The van der Waals surface area contributed by atoms with Crippen LogP contribution in [0.4, 0.5) is 0 Å². The quantitative estimate of drug-likeness (QED) is 0.346. The van der Waals surface area contributed by atoms with Crippen LogP contribution in [0.1, 0.15) is 13.8 Å². The van der Waals surface area contributed by atoms with E-state index in [-0.39, 0.29) is 11.5 Å². The Hall–Kier alpha value is -1.17. The van der Waals surface area contributed by atoms with Gasteiger partial charge in [-0.2, -0.15) is 5.26 Å². The topological polar surface area (TPSA) is 53.2 Å². The number of nitriles is 1. The highest BCUT2D eigenvalue weighted by atomic mass is 16.5. The fourth-order valence-corrected chi connectivity index (χ4v) is 0.364. The normalized spacial score (nSPS) is 11.7. The first-order valence-corrected chi connectivity index (χ1v) is 2.65. The molecule has 0 rings (SSSR count). The van der Waals surface area contributed by atoms with Gasteiger partial charge in [0.1, 0.15) is 11.8 Å². The summed E-state index contributed by atoms with van der Waals surface area (Å²) in [6.45, 7) is 3.80. The van der Waals surface area contributed by atoms with Gasteiger partial charge in [-0.15, -0.1) is 0 Å². The monoisotopic (exact) mass is 127 g/mol. The van der Waals surface area contributed by atoms with Gasteiger partial charge in [0.2, 0.25) is 5.76 Å². The predicted molar refractivity (Wildman–Crippen MR) is 32.6 cm³/mol. The first-order chi connectivity index (χ1) is 4.22. The van der Waals surface area contributed by atoms with Gasteiger partial charge < -0.3 is 9.84 Å². The molecule has 0 spiro atoms. The van der Waals surface area contributed by atoms with Gasteiger partial charge in [0.25, 0.3) is 0 Å². The third-order valence-corrected chi connectivity index (χ3v) is 0.800. The Morgan fingerprint density at radius 2 is 2.33 bits per heavy atom. The maximum atomic E-state index is 8.65. The number of ether oxygens (including phenoxy) is 1. The highest BCUT2D eigenvalue weighted by Crippen LogP contribution is 1.99. The Morgan fingerprint density at radius 3 is 2.67 bits per heavy atom. The molecule has 1 N–H and O–H groups in total. The lowest BCUT2D eigenvalue weighted by molar-refractivity contribution is 0.211. The molecule has 0 radical (unpaired) electrons. The smallest absolute Gasteiger partial charge is 0.232 e. The molecule has 0 bridgehead atoms. The van der Waals surface area contributed by atoms with E-state index < -0.39 is 0 Å². The van der Waals surface area contributed by atoms with Crippen LogP contribution in [0.2, 0.25) is 0 Å². The lowest BCUT2D eigenvalue weighted by Crippen LogP contribution is -1.90. The third-order valence-electron chi connectivity index (χ3n) is 0.800. The number of aliphatic hydroxyl groups is 1. The molecule has 3 heteroatoms. The summed E-state index contributed by atoms with van der Waals surface area (Å²) in [4.78, 5) is 0. The van der Waals surface area contributed by atoms with Crippen molar-refractivity contribution in [1.82, 2.24) is 0 Å². The molecule has 50 valence electrons. The maximum absolute atomic E-state index is 8.65. The summed E-state index contributed by atoms with van der Waals surface area (Å²) in [5.74, 6) is -0.0724. The Balaban J connectivity index is 3.98. The maximum Gasteiger partial charge on any atom is 0.232 e. The summed E-state index contributed by atoms with van der Waals surface area (Å²) < 4.78 is 4.80. The van der Waals surface area contributed by atoms with Crippen molar-refractivity contribution in [2.75, 3.05) is 6.61 Å². The highest BCUT2D eigenvalue weighted by molar-refractivity contribution is 5.14. The van der Waals surface area contributed by atoms with E-state index in [1.807, 2.05) is 0 Å². The number of rotatable bonds is 2. The molecule has 0 unspecified atom stereocenters. The summed E-state index contributed by atoms with van der Waals surface area (Å²) >= 11 is 0. The van der Waals surface area contributed by atoms with Crippen molar-refractivity contribution < 1.29 is 9.84 Å². The van der Waals surface area contributed by atoms with Crippen LogP contribution in [0, 0.1) is 11.3 Å². The molecule has 3 nitrogen and oxygen atoms in total. The summed E-state index contributed by atoms with van der Waals surface area (Å²) in [7, 11) is 0. The van der Waals surface area contributed by atoms with E-state index in [2.05, 4.69) is 0 Å². The first-order valence-electron chi connectivity index (χ1n) is 2.65. The average Bonchev–Trinajstić information content (AvgIpc) is 1.87. The van der Waals surface area contributed by atoms with E-state index in [9.17, 15) is 0 Å². The molecule has 0 aliphatic carbocycles. The molecule has 0 amide bonds. The number of hydrogen-bond acceptors (Lipinski definition) is 3. The van der Waals surface area contributed by atoms with E-state index in [1.54, 1.807) is 19.9 Å². The van der Waals surface area contributed by atoms with Crippen LogP contribution in [-0.2, 0) is 4.74 Å². The Labute approximate surface area is 54.2 Å². The lowest BCUT2D eigenvalue weighted by atomic mass is 10.4. The Kier molecular flexibility index (Phi) is 3.29. The zero-order valence-electron chi connectivity index (χ0n) is 5.51. The van der Waals surface area contributed by atoms with Gasteiger partial charge in [0.15, 0.2) is 0 Å². The Morgan fingerprint density at radius 1 is 1.78 bits per heavy atom. The zero-order valence-corrected chi connectivity index (χ0v) is 5.51. The molecule has 0 aromatic heterocycles. The van der Waals surface area contributed by atoms with Crippen LogP contribution < -0.4 is 0 Å². The number of aliphatic hydroxyl groups excluding tert-OH is 1. The van der Waals surface area contributed by atoms with Gasteiger partial charge in [-0.05, 0) is 13.8 Å². The van der Waals surface area contributed by atoms with Gasteiger partial charge >= 0.3 is 0 Å². The SMILES string of the molecule is CCO/C(C)=C(\O)C#N. The van der Waals surface area contributed by atoms with E-state index in [4.69, 9.17) is 15.1 Å². The second-order valence-corrected chi connectivity index (χ2v) is 1.45. The minimum Gasteiger partial charge on any atom is -0.497 e. The van der Waals surface area contributed by atoms with Crippen LogP contribution in [0.3, 0.4) is 0 Å². The van der Waals surface area contributed by atoms with Crippen molar-refractivity contribution >= 4 is 0 Å². The minimum atomic E-state index is -0.350. The zero-order chi connectivity index (χ0) is 7.28. The van der Waals surface area contributed by atoms with Gasteiger partial charge in [0.05, 0.1) is 6.61 Å². The van der Waals surface area contributed by atoms with E-state index >= 15 is 0 Å². The molecule has 0 saturated heterocycles. The molecular formula is C6H9NO2. The number of hydrogen-bond donors (Lipinski definition) is 1. The third kappa shape index (κ3) is 2.60. The van der Waals surface area contributed by atoms with E-state index in [0.29, 0.717) is 6.61 Å². The van der Waals surface area contributed by atoms with E-state index in [1.165, 1.54) is 0 Å². The molecule has 9 heavy (non-hydrogen) atoms. The summed E-state index contributed by atoms with van der Waals surface area (Å²) in [6.07, 6.45) is 0. The fraction of sp³-hybridized carbons (Fsp3) is 0.500. The van der Waals surface area contributed by atoms with Crippen molar-refractivity contribution in [3.05, 3.63) is 11.5 Å². The second kappa shape index (κ2) is 3.79. The number of nitrogens with zero attached hydrogens (tertiary/aromatic N) is 1. The summed E-state index contributed by atoms with van der Waals surface area (Å²) in [5.41, 5.74) is 0. The molecule has 0 aliphatic rings. The molecule has 0 aromatic rings. The largest absolute Gasteiger partial charge is 0.497 e. The van der Waals surface area contributed by atoms with Crippen LogP contribution in [0.5, 0.6) is 0 Å². The van der Waals surface area contributed by atoms with Crippen LogP contribution >= 0.6 is 0 Å². The van der Waals surface area contributed by atoms with Gasteiger partial charge in [-0.3, -0.25) is 0 Å². The molecule has 0 atom stereocenters. The first kappa shape index (κ1) is 7.83. The average molecular weight is 127 g/mol. The van der Waals surface area contributed by atoms with Gasteiger partial charge in [0, 0.05) is 0 Å². The highest BCUT2D eigenvalue weighted by Gasteiger charge is 1.96.